The fourth-order valence-electron chi connectivity index (χ4n) is 3.36. The molecule has 154 valence electrons. The average Bonchev–Trinajstić information content (AvgIpc) is 3.18. The molecular formula is C22H22N4O3S. The van der Waals surface area contributed by atoms with Crippen molar-refractivity contribution in [3.05, 3.63) is 72.3 Å². The number of benzene rings is 2. The first-order chi connectivity index (χ1) is 14.5. The molecule has 0 saturated heterocycles. The Labute approximate surface area is 178 Å². The minimum atomic E-state index is -0.488. The zero-order chi connectivity index (χ0) is 21.1. The maximum Gasteiger partial charge on any atom is 0.238 e. The predicted octanol–water partition coefficient (Wildman–Crippen LogP) is 3.14. The number of hydrogen-bond acceptors (Lipinski definition) is 5. The number of amides is 2. The van der Waals surface area contributed by atoms with Crippen LogP contribution in [0.15, 0.2) is 65.8 Å². The van der Waals surface area contributed by atoms with Gasteiger partial charge in [-0.2, -0.15) is 0 Å². The number of imidazole rings is 1. The molecule has 0 radical (unpaired) electrons. The van der Waals surface area contributed by atoms with Crippen LogP contribution in [0.25, 0.3) is 0 Å². The van der Waals surface area contributed by atoms with E-state index in [4.69, 9.17) is 4.74 Å². The SMILES string of the molecule is COc1ccc([C@@H](NC(=O)C[C@H]2Sc3ccccc3NC2=O)c2nccn2C)cc1. The maximum atomic E-state index is 12.9. The number of para-hydroxylation sites is 1. The quantitative estimate of drug-likeness (QED) is 0.638. The first-order valence-electron chi connectivity index (χ1n) is 9.52. The van der Waals surface area contributed by atoms with E-state index in [1.54, 1.807) is 13.3 Å². The molecule has 2 heterocycles. The van der Waals surface area contributed by atoms with Crippen LogP contribution in [-0.2, 0) is 16.6 Å². The van der Waals surface area contributed by atoms with E-state index in [0.717, 1.165) is 21.9 Å². The second kappa shape index (κ2) is 8.62. The Bertz CT molecular complexity index is 1060. The average molecular weight is 423 g/mol. The number of aromatic nitrogens is 2. The van der Waals surface area contributed by atoms with Gasteiger partial charge in [-0.05, 0) is 29.8 Å². The number of anilines is 1. The van der Waals surface area contributed by atoms with Crippen LogP contribution in [0.3, 0.4) is 0 Å². The number of carbonyl (C=O) groups excluding carboxylic acids is 2. The van der Waals surface area contributed by atoms with Crippen LogP contribution in [0, 0.1) is 0 Å². The van der Waals surface area contributed by atoms with Crippen molar-refractivity contribution < 1.29 is 14.3 Å². The molecule has 2 atom stereocenters. The van der Waals surface area contributed by atoms with Gasteiger partial charge in [-0.1, -0.05) is 24.3 Å². The number of fused-ring (bicyclic) bond motifs is 1. The normalized spacial score (nSPS) is 16.3. The van der Waals surface area contributed by atoms with Gasteiger partial charge in [0.25, 0.3) is 0 Å². The van der Waals surface area contributed by atoms with Gasteiger partial charge in [0.05, 0.1) is 18.0 Å². The van der Waals surface area contributed by atoms with E-state index in [1.807, 2.05) is 66.3 Å². The summed E-state index contributed by atoms with van der Waals surface area (Å²) in [5, 5.41) is 5.44. The van der Waals surface area contributed by atoms with Crippen molar-refractivity contribution in [1.82, 2.24) is 14.9 Å². The third-order valence-electron chi connectivity index (χ3n) is 4.95. The molecule has 2 N–H and O–H groups in total. The number of rotatable bonds is 6. The number of nitrogens with zero attached hydrogens (tertiary/aromatic N) is 2. The Hall–Kier alpha value is -3.26. The molecule has 0 aliphatic carbocycles. The van der Waals surface area contributed by atoms with Crippen LogP contribution in [0.4, 0.5) is 5.69 Å². The molecule has 1 aliphatic heterocycles. The van der Waals surface area contributed by atoms with Crippen LogP contribution >= 0.6 is 11.8 Å². The van der Waals surface area contributed by atoms with E-state index in [1.165, 1.54) is 11.8 Å². The van der Waals surface area contributed by atoms with E-state index in [2.05, 4.69) is 15.6 Å². The lowest BCUT2D eigenvalue weighted by Crippen LogP contribution is -2.37. The standard InChI is InChI=1S/C22H22N4O3S/c1-26-12-11-23-21(26)20(14-7-9-15(29-2)10-8-14)25-19(27)13-18-22(28)24-16-5-3-4-6-17(16)30-18/h3-12,18,20H,13H2,1-2H3,(H,24,28)(H,25,27)/t18-,20-/m1/s1. The number of carbonyl (C=O) groups is 2. The maximum absolute atomic E-state index is 12.9. The molecular weight excluding hydrogens is 400 g/mol. The van der Waals surface area contributed by atoms with Gasteiger partial charge in [0.15, 0.2) is 0 Å². The number of ether oxygens (including phenoxy) is 1. The minimum absolute atomic E-state index is 0.0713. The van der Waals surface area contributed by atoms with Crippen molar-refractivity contribution >= 4 is 29.3 Å². The summed E-state index contributed by atoms with van der Waals surface area (Å²) in [5.41, 5.74) is 1.66. The molecule has 2 amide bonds. The summed E-state index contributed by atoms with van der Waals surface area (Å²) in [6.07, 6.45) is 3.60. The molecule has 3 aromatic rings. The summed E-state index contributed by atoms with van der Waals surface area (Å²) in [6.45, 7) is 0. The van der Waals surface area contributed by atoms with Gasteiger partial charge in [0, 0.05) is 30.8 Å². The monoisotopic (exact) mass is 422 g/mol. The summed E-state index contributed by atoms with van der Waals surface area (Å²) >= 11 is 1.41. The fourth-order valence-corrected chi connectivity index (χ4v) is 4.47. The van der Waals surface area contributed by atoms with E-state index in [0.29, 0.717) is 5.82 Å². The molecule has 1 aromatic heterocycles. The molecule has 0 spiro atoms. The third kappa shape index (κ3) is 4.18. The molecule has 0 unspecified atom stereocenters. The first kappa shape index (κ1) is 20.0. The summed E-state index contributed by atoms with van der Waals surface area (Å²) < 4.78 is 7.10. The molecule has 0 saturated carbocycles. The van der Waals surface area contributed by atoms with E-state index in [9.17, 15) is 9.59 Å². The van der Waals surface area contributed by atoms with Gasteiger partial charge >= 0.3 is 0 Å². The van der Waals surface area contributed by atoms with Gasteiger partial charge in [0.2, 0.25) is 11.8 Å². The second-order valence-electron chi connectivity index (χ2n) is 6.97. The first-order valence-corrected chi connectivity index (χ1v) is 10.4. The Morgan fingerprint density at radius 1 is 1.27 bits per heavy atom. The zero-order valence-electron chi connectivity index (χ0n) is 16.7. The van der Waals surface area contributed by atoms with Crippen molar-refractivity contribution in [1.29, 1.82) is 0 Å². The molecule has 1 aliphatic rings. The summed E-state index contributed by atoms with van der Waals surface area (Å²) in [7, 11) is 3.49. The Morgan fingerprint density at radius 3 is 2.73 bits per heavy atom. The van der Waals surface area contributed by atoms with E-state index >= 15 is 0 Å². The Kier molecular flexibility index (Phi) is 5.76. The van der Waals surface area contributed by atoms with Gasteiger partial charge < -0.3 is 19.9 Å². The van der Waals surface area contributed by atoms with Crippen molar-refractivity contribution in [2.75, 3.05) is 12.4 Å². The lowest BCUT2D eigenvalue weighted by Gasteiger charge is -2.25. The van der Waals surface area contributed by atoms with Gasteiger partial charge in [-0.3, -0.25) is 9.59 Å². The number of aryl methyl sites for hydroxylation is 1. The lowest BCUT2D eigenvalue weighted by molar-refractivity contribution is -0.124. The van der Waals surface area contributed by atoms with Crippen molar-refractivity contribution in [2.45, 2.75) is 22.6 Å². The molecule has 30 heavy (non-hydrogen) atoms. The zero-order valence-corrected chi connectivity index (χ0v) is 17.5. The molecule has 0 bridgehead atoms. The minimum Gasteiger partial charge on any atom is -0.497 e. The lowest BCUT2D eigenvalue weighted by atomic mass is 10.1. The third-order valence-corrected chi connectivity index (χ3v) is 6.22. The largest absolute Gasteiger partial charge is 0.497 e. The molecule has 0 fully saturated rings. The Balaban J connectivity index is 1.52. The van der Waals surface area contributed by atoms with Crippen LogP contribution in [0.1, 0.15) is 23.9 Å². The molecule has 7 nitrogen and oxygen atoms in total. The molecule has 4 rings (SSSR count). The number of hydrogen-bond donors (Lipinski definition) is 2. The molecule has 8 heteroatoms. The number of thioether (sulfide) groups is 1. The summed E-state index contributed by atoms with van der Waals surface area (Å²) in [5.74, 6) is 1.06. The van der Waals surface area contributed by atoms with Crippen molar-refractivity contribution in [2.24, 2.45) is 7.05 Å². The highest BCUT2D eigenvalue weighted by atomic mass is 32.2. The van der Waals surface area contributed by atoms with Gasteiger partial charge in [-0.15, -0.1) is 11.8 Å². The van der Waals surface area contributed by atoms with E-state index in [-0.39, 0.29) is 18.2 Å². The summed E-state index contributed by atoms with van der Waals surface area (Å²) in [4.78, 5) is 30.8. The predicted molar refractivity (Wildman–Crippen MR) is 116 cm³/mol. The van der Waals surface area contributed by atoms with Crippen LogP contribution in [0.5, 0.6) is 5.75 Å². The highest BCUT2D eigenvalue weighted by Crippen LogP contribution is 2.36. The smallest absolute Gasteiger partial charge is 0.238 e. The van der Waals surface area contributed by atoms with Crippen molar-refractivity contribution in [3.63, 3.8) is 0 Å². The fraction of sp³-hybridized carbons (Fsp3) is 0.227. The topological polar surface area (TPSA) is 85.2 Å². The Morgan fingerprint density at radius 2 is 2.03 bits per heavy atom. The second-order valence-corrected chi connectivity index (χ2v) is 8.21. The number of methoxy groups -OCH3 is 1. The number of nitrogens with one attached hydrogen (secondary N) is 2. The van der Waals surface area contributed by atoms with Gasteiger partial charge in [-0.25, -0.2) is 4.98 Å². The van der Waals surface area contributed by atoms with Gasteiger partial charge in [0.1, 0.15) is 17.6 Å². The van der Waals surface area contributed by atoms with Crippen molar-refractivity contribution in [3.8, 4) is 5.75 Å². The van der Waals surface area contributed by atoms with Crippen LogP contribution in [-0.4, -0.2) is 33.7 Å². The molecule has 2 aromatic carbocycles. The van der Waals surface area contributed by atoms with E-state index < -0.39 is 11.3 Å². The highest BCUT2D eigenvalue weighted by molar-refractivity contribution is 8.01. The van der Waals surface area contributed by atoms with Crippen LogP contribution in [0.2, 0.25) is 0 Å². The summed E-state index contributed by atoms with van der Waals surface area (Å²) in [6, 6.07) is 14.6. The van der Waals surface area contributed by atoms with Crippen LogP contribution < -0.4 is 15.4 Å². The highest BCUT2D eigenvalue weighted by Gasteiger charge is 2.30.